The van der Waals surface area contributed by atoms with Crippen LogP contribution in [0.5, 0.6) is 0 Å². The first kappa shape index (κ1) is 14.9. The van der Waals surface area contributed by atoms with E-state index in [0.29, 0.717) is 11.9 Å². The number of rotatable bonds is 3. The van der Waals surface area contributed by atoms with Crippen molar-refractivity contribution >= 4 is 27.7 Å². The molecule has 1 atom stereocenters. The lowest BCUT2D eigenvalue weighted by atomic mass is 10.0. The molecule has 1 saturated heterocycles. The fourth-order valence-electron chi connectivity index (χ4n) is 3.15. The minimum Gasteiger partial charge on any atom is -0.368 e. The van der Waals surface area contributed by atoms with E-state index < -0.39 is 0 Å². The van der Waals surface area contributed by atoms with Gasteiger partial charge < -0.3 is 16.0 Å². The van der Waals surface area contributed by atoms with Gasteiger partial charge in [0.25, 0.3) is 0 Å². The molecular formula is C17H20BrN5. The maximum Gasteiger partial charge on any atom is 0.222 e. The molecule has 2 aromatic rings. The molecule has 4 rings (SSSR count). The summed E-state index contributed by atoms with van der Waals surface area (Å²) >= 11 is 3.65. The molecule has 0 bridgehead atoms. The van der Waals surface area contributed by atoms with E-state index in [2.05, 4.69) is 60.4 Å². The number of benzene rings is 1. The number of nitrogens with two attached hydrogens (primary N) is 1. The summed E-state index contributed by atoms with van der Waals surface area (Å²) in [7, 11) is 0. The molecule has 5 nitrogen and oxygen atoms in total. The Balaban J connectivity index is 1.59. The van der Waals surface area contributed by atoms with E-state index in [4.69, 9.17) is 5.73 Å². The van der Waals surface area contributed by atoms with Crippen molar-refractivity contribution in [2.75, 3.05) is 30.3 Å². The average molecular weight is 374 g/mol. The number of hydrogen-bond donors (Lipinski definition) is 2. The number of hydrogen-bond acceptors (Lipinski definition) is 5. The zero-order valence-corrected chi connectivity index (χ0v) is 14.5. The van der Waals surface area contributed by atoms with Crippen LogP contribution < -0.4 is 16.0 Å². The normalized spacial score (nSPS) is 21.4. The number of nitrogen functional groups attached to an aromatic ring is 1. The molecule has 6 heteroatoms. The Morgan fingerprint density at radius 1 is 1.22 bits per heavy atom. The third-order valence-corrected chi connectivity index (χ3v) is 5.25. The number of anilines is 2. The second kappa shape index (κ2) is 6.09. The fraction of sp³-hybridized carbons (Fsp3) is 0.412. The number of aromatic nitrogens is 2. The first-order valence-electron chi connectivity index (χ1n) is 8.08. The summed E-state index contributed by atoms with van der Waals surface area (Å²) in [6.07, 6.45) is 2.44. The van der Waals surface area contributed by atoms with E-state index in [-0.39, 0.29) is 6.04 Å². The molecular weight excluding hydrogens is 354 g/mol. The van der Waals surface area contributed by atoms with Gasteiger partial charge in [-0.05, 0) is 24.5 Å². The Labute approximate surface area is 144 Å². The van der Waals surface area contributed by atoms with Crippen molar-refractivity contribution in [1.82, 2.24) is 15.3 Å². The average Bonchev–Trinajstić information content (AvgIpc) is 3.40. The van der Waals surface area contributed by atoms with Gasteiger partial charge in [0.05, 0.1) is 11.7 Å². The molecule has 0 unspecified atom stereocenters. The zero-order valence-electron chi connectivity index (χ0n) is 12.9. The van der Waals surface area contributed by atoms with E-state index in [0.717, 1.165) is 35.6 Å². The van der Waals surface area contributed by atoms with Crippen LogP contribution in [0.15, 0.2) is 34.8 Å². The molecule has 1 aromatic heterocycles. The Hall–Kier alpha value is -1.66. The summed E-state index contributed by atoms with van der Waals surface area (Å²) < 4.78 is 1.14. The van der Waals surface area contributed by atoms with Gasteiger partial charge in [0.15, 0.2) is 0 Å². The van der Waals surface area contributed by atoms with Crippen LogP contribution in [0.3, 0.4) is 0 Å². The Kier molecular flexibility index (Phi) is 3.95. The van der Waals surface area contributed by atoms with Gasteiger partial charge in [-0.1, -0.05) is 34.1 Å². The maximum atomic E-state index is 5.93. The van der Waals surface area contributed by atoms with E-state index in [1.165, 1.54) is 18.4 Å². The summed E-state index contributed by atoms with van der Waals surface area (Å²) in [4.78, 5) is 11.2. The molecule has 2 fully saturated rings. The third-order valence-electron chi connectivity index (χ3n) is 4.53. The molecule has 120 valence electrons. The van der Waals surface area contributed by atoms with Gasteiger partial charge in [0.2, 0.25) is 5.95 Å². The van der Waals surface area contributed by atoms with Crippen molar-refractivity contribution in [2.24, 2.45) is 0 Å². The van der Waals surface area contributed by atoms with Crippen LogP contribution in [0.2, 0.25) is 0 Å². The highest BCUT2D eigenvalue weighted by Gasteiger charge is 2.28. The topological polar surface area (TPSA) is 67.1 Å². The number of nitrogens with zero attached hydrogens (tertiary/aromatic N) is 3. The van der Waals surface area contributed by atoms with Crippen molar-refractivity contribution in [3.05, 3.63) is 46.1 Å². The summed E-state index contributed by atoms with van der Waals surface area (Å²) in [6, 6.07) is 10.8. The molecule has 1 aliphatic carbocycles. The highest BCUT2D eigenvalue weighted by molar-refractivity contribution is 9.10. The van der Waals surface area contributed by atoms with Crippen LogP contribution in [0.1, 0.15) is 36.1 Å². The van der Waals surface area contributed by atoms with Crippen LogP contribution >= 0.6 is 15.9 Å². The van der Waals surface area contributed by atoms with Gasteiger partial charge in [-0.3, -0.25) is 0 Å². The molecule has 1 aliphatic heterocycles. The lowest BCUT2D eigenvalue weighted by Crippen LogP contribution is -2.46. The van der Waals surface area contributed by atoms with Crippen LogP contribution in [0.4, 0.5) is 11.8 Å². The van der Waals surface area contributed by atoms with Crippen LogP contribution in [0.25, 0.3) is 0 Å². The molecule has 0 radical (unpaired) electrons. The zero-order chi connectivity index (χ0) is 15.8. The van der Waals surface area contributed by atoms with Crippen molar-refractivity contribution in [3.8, 4) is 0 Å². The van der Waals surface area contributed by atoms with Gasteiger partial charge >= 0.3 is 0 Å². The standard InChI is InChI=1S/C17H20BrN5/c18-13-4-2-1-3-12(13)15-10-23(8-7-20-15)16-9-14(11-5-6-11)21-17(19)22-16/h1-4,9,11,15,20H,5-8,10H2,(H2,19,21,22)/t15-/m0/s1. The predicted octanol–water partition coefficient (Wildman–Crippen LogP) is 2.85. The number of halogens is 1. The fourth-order valence-corrected chi connectivity index (χ4v) is 3.71. The van der Waals surface area contributed by atoms with Crippen LogP contribution in [-0.2, 0) is 0 Å². The van der Waals surface area contributed by atoms with E-state index in [1.807, 2.05) is 6.07 Å². The predicted molar refractivity (Wildman–Crippen MR) is 95.5 cm³/mol. The van der Waals surface area contributed by atoms with Gasteiger partial charge in [-0.2, -0.15) is 4.98 Å². The highest BCUT2D eigenvalue weighted by Crippen LogP contribution is 2.40. The molecule has 1 aromatic carbocycles. The first-order chi connectivity index (χ1) is 11.2. The smallest absolute Gasteiger partial charge is 0.222 e. The number of piperazine rings is 1. The summed E-state index contributed by atoms with van der Waals surface area (Å²) in [5.41, 5.74) is 8.31. The molecule has 2 heterocycles. The van der Waals surface area contributed by atoms with Crippen molar-refractivity contribution in [1.29, 1.82) is 0 Å². The lowest BCUT2D eigenvalue weighted by molar-refractivity contribution is 0.468. The molecule has 1 saturated carbocycles. The summed E-state index contributed by atoms with van der Waals surface area (Å²) in [5.74, 6) is 1.93. The summed E-state index contributed by atoms with van der Waals surface area (Å²) in [5, 5.41) is 3.59. The second-order valence-corrected chi connectivity index (χ2v) is 7.11. The molecule has 2 aliphatic rings. The Morgan fingerprint density at radius 3 is 2.83 bits per heavy atom. The first-order valence-corrected chi connectivity index (χ1v) is 8.87. The van der Waals surface area contributed by atoms with Gasteiger partial charge in [0.1, 0.15) is 5.82 Å². The van der Waals surface area contributed by atoms with E-state index >= 15 is 0 Å². The largest absolute Gasteiger partial charge is 0.368 e. The third kappa shape index (κ3) is 3.19. The lowest BCUT2D eigenvalue weighted by Gasteiger charge is -2.35. The maximum absolute atomic E-state index is 5.93. The van der Waals surface area contributed by atoms with Gasteiger partial charge in [0, 0.05) is 36.1 Å². The van der Waals surface area contributed by atoms with Crippen molar-refractivity contribution in [2.45, 2.75) is 24.8 Å². The highest BCUT2D eigenvalue weighted by atomic mass is 79.9. The second-order valence-electron chi connectivity index (χ2n) is 6.26. The molecule has 3 N–H and O–H groups in total. The van der Waals surface area contributed by atoms with Crippen LogP contribution in [0, 0.1) is 0 Å². The number of nitrogens with one attached hydrogen (secondary N) is 1. The van der Waals surface area contributed by atoms with Gasteiger partial charge in [-0.25, -0.2) is 4.98 Å². The van der Waals surface area contributed by atoms with Crippen molar-refractivity contribution in [3.63, 3.8) is 0 Å². The summed E-state index contributed by atoms with van der Waals surface area (Å²) in [6.45, 7) is 2.74. The Bertz CT molecular complexity index is 716. The molecule has 0 spiro atoms. The Morgan fingerprint density at radius 2 is 2.04 bits per heavy atom. The quantitative estimate of drug-likeness (QED) is 0.865. The monoisotopic (exact) mass is 373 g/mol. The molecule has 0 amide bonds. The van der Waals surface area contributed by atoms with Crippen LogP contribution in [-0.4, -0.2) is 29.6 Å². The minimum absolute atomic E-state index is 0.278. The van der Waals surface area contributed by atoms with E-state index in [9.17, 15) is 0 Å². The van der Waals surface area contributed by atoms with Gasteiger partial charge in [-0.15, -0.1) is 0 Å². The SMILES string of the molecule is Nc1nc(C2CC2)cc(N2CCN[C@H](c3ccccc3Br)C2)n1. The van der Waals surface area contributed by atoms with E-state index in [1.54, 1.807) is 0 Å². The minimum atomic E-state index is 0.278. The molecule has 23 heavy (non-hydrogen) atoms. The van der Waals surface area contributed by atoms with Crippen molar-refractivity contribution < 1.29 is 0 Å².